The maximum atomic E-state index is 13.7. The summed E-state index contributed by atoms with van der Waals surface area (Å²) in [5.41, 5.74) is 3.09. The number of fused-ring (bicyclic) bond motifs is 1. The number of carbonyl (C=O) groups excluding carboxylic acids is 2. The predicted octanol–water partition coefficient (Wildman–Crippen LogP) is 3.38. The third-order valence-electron chi connectivity index (χ3n) is 6.36. The van der Waals surface area contributed by atoms with Crippen molar-refractivity contribution in [2.45, 2.75) is 50.7 Å². The zero-order valence-corrected chi connectivity index (χ0v) is 21.2. The molecule has 186 valence electrons. The summed E-state index contributed by atoms with van der Waals surface area (Å²) in [7, 11) is -2.44. The van der Waals surface area contributed by atoms with E-state index in [2.05, 4.69) is 0 Å². The minimum atomic E-state index is -3.79. The summed E-state index contributed by atoms with van der Waals surface area (Å²) in [5, 5.41) is 0. The van der Waals surface area contributed by atoms with Crippen molar-refractivity contribution in [2.24, 2.45) is 0 Å². The van der Waals surface area contributed by atoms with Crippen molar-refractivity contribution < 1.29 is 27.5 Å². The molecule has 3 heterocycles. The Hall–Kier alpha value is -3.01. The summed E-state index contributed by atoms with van der Waals surface area (Å²) in [6, 6.07) is 11.7. The fourth-order valence-electron chi connectivity index (χ4n) is 4.73. The normalized spacial score (nSPS) is 19.1. The number of nitrogens with zero attached hydrogens (tertiary/aromatic N) is 2. The van der Waals surface area contributed by atoms with Crippen molar-refractivity contribution in [1.82, 2.24) is 8.71 Å². The topological polar surface area (TPSA) is 94.4 Å². The van der Waals surface area contributed by atoms with Crippen LogP contribution < -0.4 is 0 Å². The summed E-state index contributed by atoms with van der Waals surface area (Å²) in [6.07, 6.45) is 2.04. The van der Waals surface area contributed by atoms with Crippen LogP contribution in [0.4, 0.5) is 0 Å². The zero-order valence-electron chi connectivity index (χ0n) is 20.4. The molecule has 1 aliphatic rings. The Bertz CT molecular complexity index is 1370. The molecule has 0 amide bonds. The van der Waals surface area contributed by atoms with E-state index in [4.69, 9.17) is 9.47 Å². The number of methoxy groups -OCH3 is 1. The molecule has 1 fully saturated rings. The highest BCUT2D eigenvalue weighted by Gasteiger charge is 2.33. The molecule has 1 aliphatic heterocycles. The largest absolute Gasteiger partial charge is 0.469 e. The molecule has 1 saturated heterocycles. The summed E-state index contributed by atoms with van der Waals surface area (Å²) < 4.78 is 40.5. The van der Waals surface area contributed by atoms with Crippen LogP contribution in [0, 0.1) is 6.92 Å². The fraction of sp³-hybridized carbons (Fsp3) is 0.385. The molecule has 9 heteroatoms. The Morgan fingerprint density at radius 3 is 2.49 bits per heavy atom. The number of rotatable bonds is 7. The number of aromatic nitrogens is 1. The molecule has 0 N–H and O–H groups in total. The second kappa shape index (κ2) is 9.93. The average molecular weight is 499 g/mol. The lowest BCUT2D eigenvalue weighted by atomic mass is 9.99. The van der Waals surface area contributed by atoms with Crippen LogP contribution in [-0.4, -0.2) is 61.3 Å². The predicted molar refractivity (Wildman–Crippen MR) is 131 cm³/mol. The molecule has 4 rings (SSSR count). The first-order chi connectivity index (χ1) is 16.6. The lowest BCUT2D eigenvalue weighted by Gasteiger charge is -2.34. The van der Waals surface area contributed by atoms with Gasteiger partial charge in [0.15, 0.2) is 5.78 Å². The number of ketones is 1. The maximum absolute atomic E-state index is 13.7. The standard InChI is InChI=1S/C26H30N2O6S/c1-17-15-27(16-18(2)34-17)35(31,32)21-9-7-8-20(14-21)26(30)25-19(3)22(11-12-24(29)33-4)28-13-6-5-10-23(25)28/h5-10,13-14,17-18H,11-12,15-16H2,1-4H3. The Balaban J connectivity index is 1.72. The van der Waals surface area contributed by atoms with Gasteiger partial charge in [-0.15, -0.1) is 0 Å². The van der Waals surface area contributed by atoms with E-state index in [1.807, 2.05) is 49.6 Å². The SMILES string of the molecule is COC(=O)CCc1c(C)c(C(=O)c2cccc(S(=O)(=O)N3CC(C)OC(C)C3)c2)c2ccccn12. The van der Waals surface area contributed by atoms with Crippen LogP contribution in [0.5, 0.6) is 0 Å². The number of sulfonamides is 1. The van der Waals surface area contributed by atoms with Gasteiger partial charge >= 0.3 is 5.97 Å². The molecular weight excluding hydrogens is 468 g/mol. The van der Waals surface area contributed by atoms with E-state index in [-0.39, 0.29) is 48.4 Å². The number of esters is 1. The van der Waals surface area contributed by atoms with E-state index >= 15 is 0 Å². The monoisotopic (exact) mass is 498 g/mol. The summed E-state index contributed by atoms with van der Waals surface area (Å²) in [4.78, 5) is 25.5. The van der Waals surface area contributed by atoms with Gasteiger partial charge < -0.3 is 13.9 Å². The third-order valence-corrected chi connectivity index (χ3v) is 8.18. The van der Waals surface area contributed by atoms with Crippen molar-refractivity contribution >= 4 is 27.3 Å². The third kappa shape index (κ3) is 4.89. The second-order valence-electron chi connectivity index (χ2n) is 8.92. The number of morpholine rings is 1. The minimum Gasteiger partial charge on any atom is -0.469 e. The van der Waals surface area contributed by atoms with E-state index in [9.17, 15) is 18.0 Å². The smallest absolute Gasteiger partial charge is 0.305 e. The fourth-order valence-corrected chi connectivity index (χ4v) is 6.37. The molecule has 8 nitrogen and oxygen atoms in total. The highest BCUT2D eigenvalue weighted by molar-refractivity contribution is 7.89. The first-order valence-electron chi connectivity index (χ1n) is 11.6. The van der Waals surface area contributed by atoms with Gasteiger partial charge in [0.1, 0.15) is 0 Å². The van der Waals surface area contributed by atoms with Crippen LogP contribution >= 0.6 is 0 Å². The van der Waals surface area contributed by atoms with Crippen molar-refractivity contribution in [3.63, 3.8) is 0 Å². The Labute approximate surface area is 205 Å². The number of pyridine rings is 1. The minimum absolute atomic E-state index is 0.0803. The average Bonchev–Trinajstić information content (AvgIpc) is 3.12. The Morgan fingerprint density at radius 1 is 1.09 bits per heavy atom. The quantitative estimate of drug-likeness (QED) is 0.366. The summed E-state index contributed by atoms with van der Waals surface area (Å²) in [5.74, 6) is -0.593. The van der Waals surface area contributed by atoms with Crippen molar-refractivity contribution in [3.8, 4) is 0 Å². The first-order valence-corrected chi connectivity index (χ1v) is 13.0. The molecular formula is C26H30N2O6S. The van der Waals surface area contributed by atoms with Crippen molar-refractivity contribution in [2.75, 3.05) is 20.2 Å². The van der Waals surface area contributed by atoms with Gasteiger partial charge in [-0.05, 0) is 57.0 Å². The zero-order chi connectivity index (χ0) is 25.3. The highest BCUT2D eigenvalue weighted by Crippen LogP contribution is 2.28. The summed E-state index contributed by atoms with van der Waals surface area (Å²) >= 11 is 0. The van der Waals surface area contributed by atoms with E-state index in [0.717, 1.165) is 11.3 Å². The van der Waals surface area contributed by atoms with Crippen molar-refractivity contribution in [3.05, 3.63) is 71.0 Å². The van der Waals surface area contributed by atoms with Crippen LogP contribution in [0.25, 0.3) is 5.52 Å². The number of benzene rings is 1. The van der Waals surface area contributed by atoms with Crippen LogP contribution in [0.15, 0.2) is 53.6 Å². The molecule has 2 atom stereocenters. The summed E-state index contributed by atoms with van der Waals surface area (Å²) in [6.45, 7) is 6.06. The molecule has 3 aromatic rings. The lowest BCUT2D eigenvalue weighted by Crippen LogP contribution is -2.48. The van der Waals surface area contributed by atoms with Crippen LogP contribution in [0.2, 0.25) is 0 Å². The van der Waals surface area contributed by atoms with Gasteiger partial charge in [-0.3, -0.25) is 9.59 Å². The van der Waals surface area contributed by atoms with Crippen LogP contribution in [0.1, 0.15) is 47.4 Å². The van der Waals surface area contributed by atoms with E-state index in [0.29, 0.717) is 23.1 Å². The number of hydrogen-bond acceptors (Lipinski definition) is 6. The van der Waals surface area contributed by atoms with Gasteiger partial charge in [0.05, 0.1) is 41.7 Å². The second-order valence-corrected chi connectivity index (χ2v) is 10.9. The molecule has 0 bridgehead atoms. The number of carbonyl (C=O) groups is 2. The van der Waals surface area contributed by atoms with Gasteiger partial charge in [-0.1, -0.05) is 18.2 Å². The molecule has 35 heavy (non-hydrogen) atoms. The van der Waals surface area contributed by atoms with Crippen LogP contribution in [-0.2, 0) is 30.7 Å². The molecule has 0 saturated carbocycles. The molecule has 0 radical (unpaired) electrons. The lowest BCUT2D eigenvalue weighted by molar-refractivity contribution is -0.140. The van der Waals surface area contributed by atoms with Crippen LogP contribution in [0.3, 0.4) is 0 Å². The van der Waals surface area contributed by atoms with Crippen molar-refractivity contribution in [1.29, 1.82) is 0 Å². The maximum Gasteiger partial charge on any atom is 0.305 e. The molecule has 2 aromatic heterocycles. The van der Waals surface area contributed by atoms with Gasteiger partial charge in [0.25, 0.3) is 0 Å². The van der Waals surface area contributed by atoms with E-state index in [1.54, 1.807) is 12.1 Å². The molecule has 0 aliphatic carbocycles. The number of ether oxygens (including phenoxy) is 2. The number of aryl methyl sites for hydroxylation is 1. The van der Waals surface area contributed by atoms with Gasteiger partial charge in [0.2, 0.25) is 10.0 Å². The number of hydrogen-bond donors (Lipinski definition) is 0. The molecule has 0 spiro atoms. The van der Waals surface area contributed by atoms with Gasteiger partial charge in [-0.2, -0.15) is 4.31 Å². The Morgan fingerprint density at radius 2 is 1.80 bits per heavy atom. The Kier molecular flexibility index (Phi) is 7.12. The van der Waals surface area contributed by atoms with Gasteiger partial charge in [0, 0.05) is 30.5 Å². The van der Waals surface area contributed by atoms with E-state index < -0.39 is 10.0 Å². The highest BCUT2D eigenvalue weighted by atomic mass is 32.2. The van der Waals surface area contributed by atoms with E-state index in [1.165, 1.54) is 23.5 Å². The first kappa shape index (κ1) is 25.1. The van der Waals surface area contributed by atoms with Gasteiger partial charge in [-0.25, -0.2) is 8.42 Å². The molecule has 2 unspecified atom stereocenters. The molecule has 1 aromatic carbocycles.